The van der Waals surface area contributed by atoms with Crippen LogP contribution in [-0.4, -0.2) is 18.1 Å². The molecule has 1 heterocycles. The number of rotatable bonds is 3. The van der Waals surface area contributed by atoms with Gasteiger partial charge in [0.25, 0.3) is 0 Å². The van der Waals surface area contributed by atoms with Crippen molar-refractivity contribution in [3.8, 4) is 0 Å². The lowest BCUT2D eigenvalue weighted by molar-refractivity contribution is -0.142. The van der Waals surface area contributed by atoms with Gasteiger partial charge in [0.2, 0.25) is 0 Å². The van der Waals surface area contributed by atoms with Crippen molar-refractivity contribution in [1.82, 2.24) is 0 Å². The first-order chi connectivity index (χ1) is 5.59. The molecule has 1 saturated heterocycles. The van der Waals surface area contributed by atoms with Crippen molar-refractivity contribution in [2.24, 2.45) is 11.7 Å². The lowest BCUT2D eigenvalue weighted by atomic mass is 9.98. The molecule has 2 N–H and O–H groups in total. The van der Waals surface area contributed by atoms with Gasteiger partial charge in [-0.3, -0.25) is 4.79 Å². The van der Waals surface area contributed by atoms with Gasteiger partial charge in [0.15, 0.2) is 0 Å². The number of carbonyl (C=O) groups is 1. The molecular formula is C9H17NO2. The summed E-state index contributed by atoms with van der Waals surface area (Å²) < 4.78 is 5.06. The Morgan fingerprint density at radius 2 is 2.33 bits per heavy atom. The van der Waals surface area contributed by atoms with Gasteiger partial charge < -0.3 is 10.5 Å². The number of hydrogen-bond donors (Lipinski definition) is 1. The number of ether oxygens (including phenoxy) is 1. The summed E-state index contributed by atoms with van der Waals surface area (Å²) in [5, 5.41) is 0. The third-order valence-electron chi connectivity index (χ3n) is 2.14. The predicted molar refractivity (Wildman–Crippen MR) is 46.5 cm³/mol. The van der Waals surface area contributed by atoms with Crippen LogP contribution in [-0.2, 0) is 9.53 Å². The number of esters is 1. The van der Waals surface area contributed by atoms with Crippen molar-refractivity contribution < 1.29 is 9.53 Å². The highest BCUT2D eigenvalue weighted by atomic mass is 16.5. The molecule has 0 bridgehead atoms. The summed E-state index contributed by atoms with van der Waals surface area (Å²) in [7, 11) is 0. The molecule has 3 heteroatoms. The van der Waals surface area contributed by atoms with Crippen molar-refractivity contribution in [2.75, 3.05) is 0 Å². The van der Waals surface area contributed by atoms with Crippen LogP contribution < -0.4 is 5.73 Å². The maximum atomic E-state index is 10.8. The molecule has 0 spiro atoms. The molecule has 2 atom stereocenters. The molecule has 0 unspecified atom stereocenters. The monoisotopic (exact) mass is 171 g/mol. The van der Waals surface area contributed by atoms with Crippen molar-refractivity contribution in [3.05, 3.63) is 0 Å². The zero-order valence-corrected chi connectivity index (χ0v) is 7.75. The average Bonchev–Trinajstić information content (AvgIpc) is 2.34. The normalized spacial score (nSPS) is 26.0. The van der Waals surface area contributed by atoms with Gasteiger partial charge in [-0.2, -0.15) is 0 Å². The maximum absolute atomic E-state index is 10.8. The summed E-state index contributed by atoms with van der Waals surface area (Å²) in [6, 6.07) is 0.0245. The molecule has 0 aromatic carbocycles. The molecule has 1 fully saturated rings. The third kappa shape index (κ3) is 2.48. The summed E-state index contributed by atoms with van der Waals surface area (Å²) >= 11 is 0. The number of cyclic esters (lactones) is 1. The Morgan fingerprint density at radius 1 is 1.67 bits per heavy atom. The molecule has 1 aliphatic rings. The van der Waals surface area contributed by atoms with Crippen LogP contribution in [0.15, 0.2) is 0 Å². The molecule has 0 aliphatic carbocycles. The summed E-state index contributed by atoms with van der Waals surface area (Å²) in [4.78, 5) is 10.8. The number of hydrogen-bond acceptors (Lipinski definition) is 3. The Balaban J connectivity index is 2.32. The van der Waals surface area contributed by atoms with E-state index in [-0.39, 0.29) is 18.1 Å². The van der Waals surface area contributed by atoms with Crippen molar-refractivity contribution in [3.63, 3.8) is 0 Å². The van der Waals surface area contributed by atoms with Crippen LogP contribution in [0.25, 0.3) is 0 Å². The Kier molecular flexibility index (Phi) is 3.09. The Hall–Kier alpha value is -0.570. The highest BCUT2D eigenvalue weighted by molar-refractivity contribution is 5.71. The van der Waals surface area contributed by atoms with Gasteiger partial charge in [-0.05, 0) is 18.8 Å². The topological polar surface area (TPSA) is 52.3 Å². The van der Waals surface area contributed by atoms with Crippen molar-refractivity contribution >= 4 is 5.97 Å². The predicted octanol–water partition coefficient (Wildman–Crippen LogP) is 1.07. The second kappa shape index (κ2) is 3.90. The van der Waals surface area contributed by atoms with E-state index in [2.05, 4.69) is 13.8 Å². The summed E-state index contributed by atoms with van der Waals surface area (Å²) in [5.41, 5.74) is 5.86. The molecule has 1 aliphatic heterocycles. The fourth-order valence-electron chi connectivity index (χ4n) is 1.54. The van der Waals surface area contributed by atoms with E-state index in [4.69, 9.17) is 10.5 Å². The van der Waals surface area contributed by atoms with Crippen LogP contribution in [0, 0.1) is 5.92 Å². The van der Waals surface area contributed by atoms with Gasteiger partial charge in [-0.25, -0.2) is 0 Å². The van der Waals surface area contributed by atoms with E-state index in [0.29, 0.717) is 12.3 Å². The first-order valence-electron chi connectivity index (χ1n) is 4.54. The fourth-order valence-corrected chi connectivity index (χ4v) is 1.54. The quantitative estimate of drug-likeness (QED) is 0.646. The Bertz CT molecular complexity index is 168. The second-order valence-corrected chi connectivity index (χ2v) is 3.86. The molecule has 0 amide bonds. The zero-order valence-electron chi connectivity index (χ0n) is 7.75. The minimum atomic E-state index is -0.0980. The highest BCUT2D eigenvalue weighted by Crippen LogP contribution is 2.19. The van der Waals surface area contributed by atoms with Gasteiger partial charge in [-0.15, -0.1) is 0 Å². The van der Waals surface area contributed by atoms with E-state index in [1.54, 1.807) is 0 Å². The average molecular weight is 171 g/mol. The smallest absolute Gasteiger partial charge is 0.306 e. The van der Waals surface area contributed by atoms with Crippen LogP contribution in [0.3, 0.4) is 0 Å². The van der Waals surface area contributed by atoms with E-state index in [9.17, 15) is 4.79 Å². The number of nitrogens with two attached hydrogens (primary N) is 1. The molecule has 0 saturated carbocycles. The van der Waals surface area contributed by atoms with Crippen LogP contribution in [0.5, 0.6) is 0 Å². The van der Waals surface area contributed by atoms with Gasteiger partial charge in [0.05, 0.1) is 0 Å². The molecule has 1 rings (SSSR count). The second-order valence-electron chi connectivity index (χ2n) is 3.86. The first-order valence-corrected chi connectivity index (χ1v) is 4.54. The molecule has 12 heavy (non-hydrogen) atoms. The summed E-state index contributed by atoms with van der Waals surface area (Å²) in [6.45, 7) is 4.24. The van der Waals surface area contributed by atoms with Crippen LogP contribution >= 0.6 is 0 Å². The molecule has 70 valence electrons. The SMILES string of the molecule is CC(C)C[C@H](N)[C@H]1CCC(=O)O1. The Morgan fingerprint density at radius 3 is 2.75 bits per heavy atom. The van der Waals surface area contributed by atoms with Crippen LogP contribution in [0.1, 0.15) is 33.1 Å². The van der Waals surface area contributed by atoms with Crippen molar-refractivity contribution in [1.29, 1.82) is 0 Å². The summed E-state index contributed by atoms with van der Waals surface area (Å²) in [6.07, 6.45) is 2.24. The Labute approximate surface area is 73.3 Å². The first kappa shape index (κ1) is 9.52. The van der Waals surface area contributed by atoms with E-state index >= 15 is 0 Å². The van der Waals surface area contributed by atoms with Gasteiger partial charge >= 0.3 is 5.97 Å². The zero-order chi connectivity index (χ0) is 9.14. The van der Waals surface area contributed by atoms with E-state index in [1.807, 2.05) is 0 Å². The van der Waals surface area contributed by atoms with E-state index in [1.165, 1.54) is 0 Å². The lowest BCUT2D eigenvalue weighted by Crippen LogP contribution is -2.35. The molecule has 3 nitrogen and oxygen atoms in total. The molecule has 0 radical (unpaired) electrons. The maximum Gasteiger partial charge on any atom is 0.306 e. The molecule has 0 aromatic heterocycles. The van der Waals surface area contributed by atoms with Crippen LogP contribution in [0.4, 0.5) is 0 Å². The van der Waals surface area contributed by atoms with E-state index < -0.39 is 0 Å². The van der Waals surface area contributed by atoms with Crippen molar-refractivity contribution in [2.45, 2.75) is 45.3 Å². The molecule has 0 aromatic rings. The third-order valence-corrected chi connectivity index (χ3v) is 2.14. The van der Waals surface area contributed by atoms with Crippen LogP contribution in [0.2, 0.25) is 0 Å². The van der Waals surface area contributed by atoms with E-state index in [0.717, 1.165) is 12.8 Å². The highest BCUT2D eigenvalue weighted by Gasteiger charge is 2.28. The van der Waals surface area contributed by atoms with Gasteiger partial charge in [0.1, 0.15) is 6.10 Å². The fraction of sp³-hybridized carbons (Fsp3) is 0.889. The largest absolute Gasteiger partial charge is 0.461 e. The minimum Gasteiger partial charge on any atom is -0.461 e. The summed E-state index contributed by atoms with van der Waals surface area (Å²) in [5.74, 6) is 0.471. The molecular weight excluding hydrogens is 154 g/mol. The lowest BCUT2D eigenvalue weighted by Gasteiger charge is -2.19. The van der Waals surface area contributed by atoms with Gasteiger partial charge in [0, 0.05) is 12.5 Å². The van der Waals surface area contributed by atoms with Gasteiger partial charge in [-0.1, -0.05) is 13.8 Å². The number of carbonyl (C=O) groups excluding carboxylic acids is 1. The standard InChI is InChI=1S/C9H17NO2/c1-6(2)5-7(10)8-3-4-9(11)12-8/h6-8H,3-5,10H2,1-2H3/t7-,8+/m0/s1. The minimum absolute atomic E-state index is 0.0245.